The summed E-state index contributed by atoms with van der Waals surface area (Å²) in [6.07, 6.45) is 3.16. The Hall–Kier alpha value is -3.01. The molecule has 1 aliphatic carbocycles. The SMILES string of the molecule is CC1(C)CC(C)(C)c2nc3c(nc21)n(-c1ccccc1)c[n+]3-c1ccccc1. The third-order valence-electron chi connectivity index (χ3n) is 5.78. The predicted molar refractivity (Wildman–Crippen MR) is 111 cm³/mol. The second-order valence-electron chi connectivity index (χ2n) is 9.04. The molecule has 5 rings (SSSR count). The van der Waals surface area contributed by atoms with Crippen molar-refractivity contribution in [3.05, 3.63) is 78.4 Å². The molecule has 28 heavy (non-hydrogen) atoms. The first-order valence-electron chi connectivity index (χ1n) is 9.83. The fourth-order valence-electron chi connectivity index (χ4n) is 4.74. The van der Waals surface area contributed by atoms with Crippen molar-refractivity contribution in [3.8, 4) is 11.4 Å². The van der Waals surface area contributed by atoms with Crippen molar-refractivity contribution in [3.63, 3.8) is 0 Å². The van der Waals surface area contributed by atoms with Crippen LogP contribution in [0, 0.1) is 0 Å². The van der Waals surface area contributed by atoms with Gasteiger partial charge in [-0.15, -0.1) is 4.98 Å². The Labute approximate surface area is 165 Å². The zero-order valence-corrected chi connectivity index (χ0v) is 16.8. The van der Waals surface area contributed by atoms with E-state index in [9.17, 15) is 0 Å². The molecule has 0 fully saturated rings. The lowest BCUT2D eigenvalue weighted by molar-refractivity contribution is -0.570. The first-order valence-corrected chi connectivity index (χ1v) is 9.83. The van der Waals surface area contributed by atoms with Crippen LogP contribution in [0.4, 0.5) is 0 Å². The van der Waals surface area contributed by atoms with Gasteiger partial charge in [-0.1, -0.05) is 64.1 Å². The molecule has 4 aromatic rings. The largest absolute Gasteiger partial charge is 0.327 e. The van der Waals surface area contributed by atoms with Gasteiger partial charge in [0.1, 0.15) is 17.1 Å². The van der Waals surface area contributed by atoms with Crippen LogP contribution in [-0.2, 0) is 10.8 Å². The average Bonchev–Trinajstić information content (AvgIpc) is 3.14. The van der Waals surface area contributed by atoms with Gasteiger partial charge >= 0.3 is 5.65 Å². The highest BCUT2D eigenvalue weighted by atomic mass is 15.2. The smallest absolute Gasteiger partial charge is 0.211 e. The number of para-hydroxylation sites is 2. The maximum Gasteiger partial charge on any atom is 0.327 e. The molecule has 4 nitrogen and oxygen atoms in total. The number of hydrogen-bond acceptors (Lipinski definition) is 2. The molecule has 0 amide bonds. The molecule has 0 unspecified atom stereocenters. The predicted octanol–water partition coefficient (Wildman–Crippen LogP) is 4.66. The molecule has 1 aliphatic rings. The normalized spacial score (nSPS) is 17.0. The molecule has 0 saturated carbocycles. The van der Waals surface area contributed by atoms with Crippen LogP contribution in [0.2, 0.25) is 0 Å². The van der Waals surface area contributed by atoms with Crippen molar-refractivity contribution in [2.45, 2.75) is 44.9 Å². The Bertz CT molecular complexity index is 1080. The number of nitrogens with zero attached hydrogens (tertiary/aromatic N) is 4. The Morgan fingerprint density at radius 1 is 0.786 bits per heavy atom. The average molecular weight is 369 g/mol. The molecule has 2 aromatic heterocycles. The number of aromatic nitrogens is 4. The molecule has 0 saturated heterocycles. The van der Waals surface area contributed by atoms with Gasteiger partial charge in [0.2, 0.25) is 6.33 Å². The van der Waals surface area contributed by atoms with Gasteiger partial charge < -0.3 is 0 Å². The molecule has 0 bridgehead atoms. The zero-order valence-electron chi connectivity index (χ0n) is 16.8. The summed E-state index contributed by atoms with van der Waals surface area (Å²) in [6.45, 7) is 9.12. The van der Waals surface area contributed by atoms with Crippen molar-refractivity contribution < 1.29 is 4.57 Å². The maximum atomic E-state index is 5.21. The third kappa shape index (κ3) is 2.48. The van der Waals surface area contributed by atoms with Crippen molar-refractivity contribution in [1.82, 2.24) is 14.5 Å². The van der Waals surface area contributed by atoms with Crippen LogP contribution in [0.5, 0.6) is 0 Å². The van der Waals surface area contributed by atoms with Gasteiger partial charge in [-0.05, 0) is 30.7 Å². The Kier molecular flexibility index (Phi) is 3.51. The van der Waals surface area contributed by atoms with Crippen molar-refractivity contribution in [2.75, 3.05) is 0 Å². The summed E-state index contributed by atoms with van der Waals surface area (Å²) >= 11 is 0. The first-order chi connectivity index (χ1) is 13.4. The first kappa shape index (κ1) is 17.1. The van der Waals surface area contributed by atoms with E-state index >= 15 is 0 Å². The molecular weight excluding hydrogens is 344 g/mol. The fourth-order valence-corrected chi connectivity index (χ4v) is 4.74. The number of imidazole rings is 1. The quantitative estimate of drug-likeness (QED) is 0.482. The molecule has 2 aromatic carbocycles. The molecule has 140 valence electrons. The lowest BCUT2D eigenvalue weighted by Gasteiger charge is -2.20. The molecule has 0 radical (unpaired) electrons. The van der Waals surface area contributed by atoms with E-state index in [1.54, 1.807) is 0 Å². The minimum Gasteiger partial charge on any atom is -0.211 e. The van der Waals surface area contributed by atoms with E-state index in [4.69, 9.17) is 9.97 Å². The maximum absolute atomic E-state index is 5.21. The summed E-state index contributed by atoms with van der Waals surface area (Å²) in [5.74, 6) is 0. The Balaban J connectivity index is 1.87. The van der Waals surface area contributed by atoms with E-state index in [-0.39, 0.29) is 10.8 Å². The van der Waals surface area contributed by atoms with Gasteiger partial charge in [0.05, 0.1) is 5.69 Å². The summed E-state index contributed by atoms with van der Waals surface area (Å²) in [5, 5.41) is 0. The van der Waals surface area contributed by atoms with Gasteiger partial charge in [0.15, 0.2) is 0 Å². The van der Waals surface area contributed by atoms with E-state index in [0.29, 0.717) is 0 Å². The van der Waals surface area contributed by atoms with Crippen molar-refractivity contribution >= 4 is 11.3 Å². The Morgan fingerprint density at radius 2 is 1.36 bits per heavy atom. The van der Waals surface area contributed by atoms with Crippen LogP contribution >= 0.6 is 0 Å². The van der Waals surface area contributed by atoms with Crippen LogP contribution in [0.1, 0.15) is 45.5 Å². The summed E-state index contributed by atoms with van der Waals surface area (Å²) in [4.78, 5) is 10.4. The molecule has 2 heterocycles. The molecule has 4 heteroatoms. The Morgan fingerprint density at radius 3 is 2.00 bits per heavy atom. The highest BCUT2D eigenvalue weighted by molar-refractivity contribution is 5.67. The minimum absolute atomic E-state index is 0.0173. The number of rotatable bonds is 2. The molecule has 0 aliphatic heterocycles. The lowest BCUT2D eigenvalue weighted by Crippen LogP contribution is -2.30. The summed E-state index contributed by atoms with van der Waals surface area (Å²) in [5.41, 5.74) is 6.27. The van der Waals surface area contributed by atoms with Gasteiger partial charge in [0.25, 0.3) is 5.65 Å². The van der Waals surface area contributed by atoms with Gasteiger partial charge in [0, 0.05) is 10.8 Å². The van der Waals surface area contributed by atoms with Crippen LogP contribution in [-0.4, -0.2) is 14.5 Å². The van der Waals surface area contributed by atoms with Crippen LogP contribution in [0.15, 0.2) is 67.0 Å². The van der Waals surface area contributed by atoms with Crippen LogP contribution in [0.3, 0.4) is 0 Å². The minimum atomic E-state index is 0.0173. The van der Waals surface area contributed by atoms with Gasteiger partial charge in [-0.2, -0.15) is 4.57 Å². The molecular formula is C24H25N4+. The van der Waals surface area contributed by atoms with E-state index in [2.05, 4.69) is 91.7 Å². The van der Waals surface area contributed by atoms with E-state index in [1.807, 2.05) is 12.1 Å². The molecule has 0 spiro atoms. The van der Waals surface area contributed by atoms with E-state index in [0.717, 1.165) is 40.5 Å². The summed E-state index contributed by atoms with van der Waals surface area (Å²) in [7, 11) is 0. The second kappa shape index (κ2) is 5.74. The van der Waals surface area contributed by atoms with E-state index < -0.39 is 0 Å². The monoisotopic (exact) mass is 369 g/mol. The molecule has 0 N–H and O–H groups in total. The van der Waals surface area contributed by atoms with E-state index in [1.165, 1.54) is 0 Å². The highest BCUT2D eigenvalue weighted by Crippen LogP contribution is 2.47. The third-order valence-corrected chi connectivity index (χ3v) is 5.78. The van der Waals surface area contributed by atoms with Crippen LogP contribution in [0.25, 0.3) is 22.7 Å². The van der Waals surface area contributed by atoms with Gasteiger partial charge in [-0.25, -0.2) is 9.55 Å². The zero-order chi connectivity index (χ0) is 19.5. The lowest BCUT2D eigenvalue weighted by atomic mass is 9.83. The van der Waals surface area contributed by atoms with Crippen molar-refractivity contribution in [2.24, 2.45) is 0 Å². The molecule has 0 atom stereocenters. The second-order valence-corrected chi connectivity index (χ2v) is 9.04. The van der Waals surface area contributed by atoms with Crippen molar-refractivity contribution in [1.29, 1.82) is 0 Å². The topological polar surface area (TPSA) is 34.6 Å². The standard InChI is InChI=1S/C24H25N4/c1-23(2)15-24(3,4)20-19(23)25-21-22(26-20)28(18-13-9-6-10-14-18)16-27(21)17-11-7-5-8-12-17/h5-14,16H,15H2,1-4H3/q+1. The summed E-state index contributed by atoms with van der Waals surface area (Å²) < 4.78 is 4.30. The van der Waals surface area contributed by atoms with Gasteiger partial charge in [-0.3, -0.25) is 0 Å². The van der Waals surface area contributed by atoms with Crippen LogP contribution < -0.4 is 4.57 Å². The highest BCUT2D eigenvalue weighted by Gasteiger charge is 2.47. The number of hydrogen-bond donors (Lipinski definition) is 0. The summed E-state index contributed by atoms with van der Waals surface area (Å²) in [6, 6.07) is 20.7. The number of fused-ring (bicyclic) bond motifs is 2. The fraction of sp³-hybridized carbons (Fsp3) is 0.292. The number of benzene rings is 2.